The largest absolute Gasteiger partial charge is 0.452 e. The molecule has 2 rings (SSSR count). The molecule has 1 N–H and O–H groups in total. The monoisotopic (exact) mass is 285 g/mol. The smallest absolute Gasteiger partial charge is 0.338 e. The Morgan fingerprint density at radius 2 is 1.86 bits per heavy atom. The summed E-state index contributed by atoms with van der Waals surface area (Å²) in [5, 5.41) is 4.74. The first kappa shape index (κ1) is 15.0. The van der Waals surface area contributed by atoms with Crippen molar-refractivity contribution in [3.8, 4) is 0 Å². The van der Waals surface area contributed by atoms with Crippen molar-refractivity contribution in [1.82, 2.24) is 5.32 Å². The van der Waals surface area contributed by atoms with Crippen molar-refractivity contribution in [1.29, 1.82) is 0 Å². The number of carbonyl (C=O) groups is 2. The Morgan fingerprint density at radius 1 is 1.10 bits per heavy atom. The van der Waals surface area contributed by atoms with Crippen LogP contribution in [0.4, 0.5) is 0 Å². The fraction of sp³-hybridized carbons (Fsp3) is 0.294. The molecule has 0 spiro atoms. The molecule has 2 aromatic rings. The minimum Gasteiger partial charge on any atom is -0.452 e. The number of carbonyl (C=O) groups excluding carboxylic acids is 2. The maximum absolute atomic E-state index is 11.9. The molecule has 4 nitrogen and oxygen atoms in total. The predicted molar refractivity (Wildman–Crippen MR) is 82.1 cm³/mol. The van der Waals surface area contributed by atoms with Crippen molar-refractivity contribution in [2.24, 2.45) is 0 Å². The van der Waals surface area contributed by atoms with E-state index in [-0.39, 0.29) is 12.5 Å². The summed E-state index contributed by atoms with van der Waals surface area (Å²) in [4.78, 5) is 23.4. The lowest BCUT2D eigenvalue weighted by Gasteiger charge is -2.06. The van der Waals surface area contributed by atoms with Gasteiger partial charge in [-0.05, 0) is 29.3 Å². The molecule has 0 aliphatic heterocycles. The van der Waals surface area contributed by atoms with Crippen LogP contribution in [0.15, 0.2) is 42.5 Å². The highest BCUT2D eigenvalue weighted by atomic mass is 16.5. The second-order valence-electron chi connectivity index (χ2n) is 4.84. The van der Waals surface area contributed by atoms with Gasteiger partial charge in [0.2, 0.25) is 0 Å². The Kier molecular flexibility index (Phi) is 5.32. The van der Waals surface area contributed by atoms with Gasteiger partial charge in [-0.3, -0.25) is 4.79 Å². The van der Waals surface area contributed by atoms with Crippen molar-refractivity contribution in [3.63, 3.8) is 0 Å². The molecule has 0 fully saturated rings. The lowest BCUT2D eigenvalue weighted by Crippen LogP contribution is -2.29. The lowest BCUT2D eigenvalue weighted by molar-refractivity contribution is -0.124. The molecule has 2 aromatic carbocycles. The molecule has 0 aromatic heterocycles. The first-order valence-electron chi connectivity index (χ1n) is 7.13. The number of esters is 1. The number of ether oxygens (including phenoxy) is 1. The van der Waals surface area contributed by atoms with Gasteiger partial charge in [0.1, 0.15) is 0 Å². The van der Waals surface area contributed by atoms with Gasteiger partial charge >= 0.3 is 5.97 Å². The predicted octanol–water partition coefficient (Wildman–Crippen LogP) is 2.91. The van der Waals surface area contributed by atoms with Gasteiger partial charge in [0, 0.05) is 6.54 Å². The second-order valence-corrected chi connectivity index (χ2v) is 4.84. The molecule has 0 aliphatic carbocycles. The SMILES string of the molecule is CCCCNC(=O)COC(=O)c1ccc2ccccc2c1. The van der Waals surface area contributed by atoms with Crippen LogP contribution in [0, 0.1) is 0 Å². The summed E-state index contributed by atoms with van der Waals surface area (Å²) in [7, 11) is 0. The second kappa shape index (κ2) is 7.43. The quantitative estimate of drug-likeness (QED) is 0.656. The van der Waals surface area contributed by atoms with Gasteiger partial charge in [-0.1, -0.05) is 43.7 Å². The van der Waals surface area contributed by atoms with Crippen molar-refractivity contribution in [2.45, 2.75) is 19.8 Å². The van der Waals surface area contributed by atoms with Crippen LogP contribution in [0.5, 0.6) is 0 Å². The number of rotatable bonds is 6. The molecular formula is C17H19NO3. The first-order chi connectivity index (χ1) is 10.2. The number of benzene rings is 2. The van der Waals surface area contributed by atoms with E-state index in [4.69, 9.17) is 4.74 Å². The summed E-state index contributed by atoms with van der Waals surface area (Å²) in [6.45, 7) is 2.42. The Labute approximate surface area is 124 Å². The van der Waals surface area contributed by atoms with Crippen LogP contribution in [0.3, 0.4) is 0 Å². The number of fused-ring (bicyclic) bond motifs is 1. The van der Waals surface area contributed by atoms with E-state index in [9.17, 15) is 9.59 Å². The van der Waals surface area contributed by atoms with E-state index in [1.165, 1.54) is 0 Å². The van der Waals surface area contributed by atoms with E-state index < -0.39 is 5.97 Å². The van der Waals surface area contributed by atoms with Gasteiger partial charge < -0.3 is 10.1 Å². The van der Waals surface area contributed by atoms with Gasteiger partial charge in [0.15, 0.2) is 6.61 Å². The summed E-state index contributed by atoms with van der Waals surface area (Å²) < 4.78 is 5.02. The average Bonchev–Trinajstić information content (AvgIpc) is 2.52. The average molecular weight is 285 g/mol. The molecule has 21 heavy (non-hydrogen) atoms. The standard InChI is InChI=1S/C17H19NO3/c1-2-3-10-18-16(19)12-21-17(20)15-9-8-13-6-4-5-7-14(13)11-15/h4-9,11H,2-3,10,12H2,1H3,(H,18,19). The van der Waals surface area contributed by atoms with E-state index in [0.717, 1.165) is 23.6 Å². The van der Waals surface area contributed by atoms with Crippen LogP contribution >= 0.6 is 0 Å². The van der Waals surface area contributed by atoms with Gasteiger partial charge in [-0.25, -0.2) is 4.79 Å². The minimum atomic E-state index is -0.480. The van der Waals surface area contributed by atoms with Crippen LogP contribution in [-0.2, 0) is 9.53 Å². The molecule has 0 atom stereocenters. The highest BCUT2D eigenvalue weighted by molar-refractivity contribution is 5.96. The molecule has 0 saturated carbocycles. The van der Waals surface area contributed by atoms with Gasteiger partial charge in [0.25, 0.3) is 5.91 Å². The maximum Gasteiger partial charge on any atom is 0.338 e. The third-order valence-corrected chi connectivity index (χ3v) is 3.17. The van der Waals surface area contributed by atoms with Crippen LogP contribution in [0.25, 0.3) is 10.8 Å². The molecule has 0 bridgehead atoms. The van der Waals surface area contributed by atoms with Gasteiger partial charge in [-0.2, -0.15) is 0 Å². The van der Waals surface area contributed by atoms with E-state index in [1.54, 1.807) is 12.1 Å². The van der Waals surface area contributed by atoms with E-state index >= 15 is 0 Å². The van der Waals surface area contributed by atoms with Gasteiger partial charge in [0.05, 0.1) is 5.56 Å². The number of hydrogen-bond acceptors (Lipinski definition) is 3. The van der Waals surface area contributed by atoms with Crippen LogP contribution in [0.2, 0.25) is 0 Å². The molecule has 1 amide bonds. The zero-order valence-electron chi connectivity index (χ0n) is 12.1. The molecule has 0 radical (unpaired) electrons. The zero-order chi connectivity index (χ0) is 15.1. The van der Waals surface area contributed by atoms with E-state index in [0.29, 0.717) is 12.1 Å². The maximum atomic E-state index is 11.9. The fourth-order valence-electron chi connectivity index (χ4n) is 1.99. The number of hydrogen-bond donors (Lipinski definition) is 1. The normalized spacial score (nSPS) is 10.3. The van der Waals surface area contributed by atoms with Crippen molar-refractivity contribution >= 4 is 22.6 Å². The lowest BCUT2D eigenvalue weighted by atomic mass is 10.1. The Hall–Kier alpha value is -2.36. The van der Waals surface area contributed by atoms with Crippen molar-refractivity contribution < 1.29 is 14.3 Å². The van der Waals surface area contributed by atoms with Crippen LogP contribution in [0.1, 0.15) is 30.1 Å². The van der Waals surface area contributed by atoms with Crippen LogP contribution < -0.4 is 5.32 Å². The Balaban J connectivity index is 1.91. The molecule has 0 aliphatic rings. The number of nitrogens with one attached hydrogen (secondary N) is 1. The molecule has 0 unspecified atom stereocenters. The number of unbranched alkanes of at least 4 members (excludes halogenated alkanes) is 1. The summed E-state index contributed by atoms with van der Waals surface area (Å²) in [6.07, 6.45) is 1.93. The minimum absolute atomic E-state index is 0.241. The molecule has 4 heteroatoms. The molecule has 0 heterocycles. The van der Waals surface area contributed by atoms with Crippen molar-refractivity contribution in [2.75, 3.05) is 13.2 Å². The number of amides is 1. The summed E-state index contributed by atoms with van der Waals surface area (Å²) >= 11 is 0. The topological polar surface area (TPSA) is 55.4 Å². The third kappa shape index (κ3) is 4.31. The van der Waals surface area contributed by atoms with Gasteiger partial charge in [-0.15, -0.1) is 0 Å². The molecule has 110 valence electrons. The van der Waals surface area contributed by atoms with Crippen molar-refractivity contribution in [3.05, 3.63) is 48.0 Å². The fourth-order valence-corrected chi connectivity index (χ4v) is 1.99. The highest BCUT2D eigenvalue weighted by Gasteiger charge is 2.10. The van der Waals surface area contributed by atoms with E-state index in [2.05, 4.69) is 5.32 Å². The first-order valence-corrected chi connectivity index (χ1v) is 7.13. The van der Waals surface area contributed by atoms with E-state index in [1.807, 2.05) is 37.3 Å². The summed E-state index contributed by atoms with van der Waals surface area (Å²) in [5.41, 5.74) is 0.454. The summed E-state index contributed by atoms with van der Waals surface area (Å²) in [5.74, 6) is -0.746. The zero-order valence-corrected chi connectivity index (χ0v) is 12.1. The highest BCUT2D eigenvalue weighted by Crippen LogP contribution is 2.16. The Morgan fingerprint density at radius 3 is 2.62 bits per heavy atom. The molecule has 0 saturated heterocycles. The third-order valence-electron chi connectivity index (χ3n) is 3.17. The van der Waals surface area contributed by atoms with Crippen LogP contribution in [-0.4, -0.2) is 25.0 Å². The molecular weight excluding hydrogens is 266 g/mol. The summed E-state index contributed by atoms with van der Waals surface area (Å²) in [6, 6.07) is 13.1. The Bertz CT molecular complexity index is 637.